The van der Waals surface area contributed by atoms with E-state index < -0.39 is 12.0 Å². The van der Waals surface area contributed by atoms with Gasteiger partial charge >= 0.3 is 5.97 Å². The molecule has 7 nitrogen and oxygen atoms in total. The summed E-state index contributed by atoms with van der Waals surface area (Å²) in [6.45, 7) is 2.93. The van der Waals surface area contributed by atoms with E-state index in [4.69, 9.17) is 10.00 Å². The molecule has 2 rings (SSSR count). The Labute approximate surface area is 121 Å². The van der Waals surface area contributed by atoms with Crippen LogP contribution >= 0.6 is 0 Å². The summed E-state index contributed by atoms with van der Waals surface area (Å²) in [4.78, 5) is 35.7. The SMILES string of the molecule is CC(=O)Nc1ccc(C(=O)N2CC2C#N)c(OC(C)=O)c1. The van der Waals surface area contributed by atoms with Gasteiger partial charge in [0, 0.05) is 25.6 Å². The summed E-state index contributed by atoms with van der Waals surface area (Å²) in [6, 6.07) is 5.94. The summed E-state index contributed by atoms with van der Waals surface area (Å²) < 4.78 is 5.01. The van der Waals surface area contributed by atoms with Crippen molar-refractivity contribution in [3.05, 3.63) is 23.8 Å². The van der Waals surface area contributed by atoms with Crippen molar-refractivity contribution in [2.45, 2.75) is 19.9 Å². The second kappa shape index (κ2) is 5.63. The molecule has 1 saturated heterocycles. The average Bonchev–Trinajstić information content (AvgIpc) is 3.16. The Bertz CT molecular complexity index is 663. The first-order valence-corrected chi connectivity index (χ1v) is 6.23. The first-order chi connectivity index (χ1) is 9.92. The third kappa shape index (κ3) is 3.36. The first-order valence-electron chi connectivity index (χ1n) is 6.23. The maximum Gasteiger partial charge on any atom is 0.308 e. The summed E-state index contributed by atoms with van der Waals surface area (Å²) in [6.07, 6.45) is 0. The highest BCUT2D eigenvalue weighted by atomic mass is 16.5. The zero-order chi connectivity index (χ0) is 15.6. The van der Waals surface area contributed by atoms with E-state index in [1.807, 2.05) is 6.07 Å². The van der Waals surface area contributed by atoms with E-state index in [1.165, 1.54) is 36.9 Å². The summed E-state index contributed by atoms with van der Waals surface area (Å²) >= 11 is 0. The van der Waals surface area contributed by atoms with Gasteiger partial charge in [0.15, 0.2) is 0 Å². The van der Waals surface area contributed by atoms with E-state index in [2.05, 4.69) is 5.32 Å². The maximum absolute atomic E-state index is 12.2. The quantitative estimate of drug-likeness (QED) is 0.506. The Morgan fingerprint density at radius 2 is 2.10 bits per heavy atom. The van der Waals surface area contributed by atoms with Gasteiger partial charge in [-0.05, 0) is 12.1 Å². The van der Waals surface area contributed by atoms with Crippen LogP contribution in [0.1, 0.15) is 24.2 Å². The second-order valence-corrected chi connectivity index (χ2v) is 4.59. The molecular weight excluding hydrogens is 274 g/mol. The normalized spacial score (nSPS) is 15.9. The van der Waals surface area contributed by atoms with Gasteiger partial charge in [-0.25, -0.2) is 0 Å². The van der Waals surface area contributed by atoms with Crippen molar-refractivity contribution in [1.82, 2.24) is 4.90 Å². The monoisotopic (exact) mass is 287 g/mol. The van der Waals surface area contributed by atoms with Crippen LogP contribution in [0.5, 0.6) is 5.75 Å². The lowest BCUT2D eigenvalue weighted by Crippen LogP contribution is -2.16. The minimum atomic E-state index is -0.577. The fraction of sp³-hybridized carbons (Fsp3) is 0.286. The zero-order valence-electron chi connectivity index (χ0n) is 11.5. The largest absolute Gasteiger partial charge is 0.426 e. The Balaban J connectivity index is 2.31. The van der Waals surface area contributed by atoms with Crippen LogP contribution in [0.2, 0.25) is 0 Å². The Hall–Kier alpha value is -2.88. The molecule has 1 aromatic rings. The number of carbonyl (C=O) groups is 3. The summed E-state index contributed by atoms with van der Waals surface area (Å²) in [5, 5.41) is 11.3. The molecule has 1 aromatic carbocycles. The fourth-order valence-corrected chi connectivity index (χ4v) is 1.85. The Morgan fingerprint density at radius 1 is 1.38 bits per heavy atom. The molecule has 0 saturated carbocycles. The van der Waals surface area contributed by atoms with Gasteiger partial charge in [0.1, 0.15) is 11.8 Å². The number of esters is 1. The minimum Gasteiger partial charge on any atom is -0.426 e. The van der Waals surface area contributed by atoms with E-state index in [-0.39, 0.29) is 23.1 Å². The van der Waals surface area contributed by atoms with E-state index in [1.54, 1.807) is 0 Å². The van der Waals surface area contributed by atoms with E-state index in [9.17, 15) is 14.4 Å². The van der Waals surface area contributed by atoms with Gasteiger partial charge in [0.05, 0.1) is 18.2 Å². The van der Waals surface area contributed by atoms with Crippen LogP contribution < -0.4 is 10.1 Å². The van der Waals surface area contributed by atoms with Gasteiger partial charge in [-0.1, -0.05) is 0 Å². The molecule has 1 unspecified atom stereocenters. The smallest absolute Gasteiger partial charge is 0.308 e. The number of carbonyl (C=O) groups excluding carboxylic acids is 3. The molecule has 21 heavy (non-hydrogen) atoms. The molecule has 1 heterocycles. The molecule has 0 aromatic heterocycles. The van der Waals surface area contributed by atoms with E-state index in [0.717, 1.165) is 0 Å². The molecule has 108 valence electrons. The minimum absolute atomic E-state index is 0.0577. The van der Waals surface area contributed by atoms with Gasteiger partial charge in [0.2, 0.25) is 5.91 Å². The molecule has 1 N–H and O–H groups in total. The lowest BCUT2D eigenvalue weighted by Gasteiger charge is -2.11. The van der Waals surface area contributed by atoms with Gasteiger partial charge < -0.3 is 15.0 Å². The van der Waals surface area contributed by atoms with Crippen LogP contribution in [0.3, 0.4) is 0 Å². The highest BCUT2D eigenvalue weighted by molar-refractivity contribution is 6.00. The zero-order valence-corrected chi connectivity index (χ0v) is 11.5. The van der Waals surface area contributed by atoms with Gasteiger partial charge in [0.25, 0.3) is 5.91 Å². The average molecular weight is 287 g/mol. The van der Waals surface area contributed by atoms with Crippen molar-refractivity contribution >= 4 is 23.5 Å². The number of benzene rings is 1. The van der Waals surface area contributed by atoms with Crippen molar-refractivity contribution in [3.63, 3.8) is 0 Å². The van der Waals surface area contributed by atoms with Crippen LogP contribution in [-0.4, -0.2) is 35.3 Å². The highest BCUT2D eigenvalue weighted by Crippen LogP contribution is 2.29. The third-order valence-corrected chi connectivity index (χ3v) is 2.81. The van der Waals surface area contributed by atoms with Crippen molar-refractivity contribution in [2.24, 2.45) is 0 Å². The number of hydrogen-bond acceptors (Lipinski definition) is 5. The number of amides is 2. The van der Waals surface area contributed by atoms with Crippen LogP contribution in [-0.2, 0) is 9.59 Å². The van der Waals surface area contributed by atoms with Gasteiger partial charge in [-0.15, -0.1) is 0 Å². The molecule has 0 spiro atoms. The number of ether oxygens (including phenoxy) is 1. The lowest BCUT2D eigenvalue weighted by molar-refractivity contribution is -0.131. The Morgan fingerprint density at radius 3 is 2.62 bits per heavy atom. The number of nitrogens with zero attached hydrogens (tertiary/aromatic N) is 2. The van der Waals surface area contributed by atoms with Crippen molar-refractivity contribution in [3.8, 4) is 11.8 Å². The van der Waals surface area contributed by atoms with Crippen molar-refractivity contribution in [1.29, 1.82) is 5.26 Å². The first kappa shape index (κ1) is 14.5. The molecule has 1 aliphatic rings. The van der Waals surface area contributed by atoms with Crippen LogP contribution in [0.25, 0.3) is 0 Å². The van der Waals surface area contributed by atoms with Crippen molar-refractivity contribution in [2.75, 3.05) is 11.9 Å². The van der Waals surface area contributed by atoms with Gasteiger partial charge in [-0.3, -0.25) is 14.4 Å². The molecule has 2 amide bonds. The Kier molecular flexibility index (Phi) is 3.89. The molecule has 1 fully saturated rings. The second-order valence-electron chi connectivity index (χ2n) is 4.59. The number of nitriles is 1. The summed E-state index contributed by atoms with van der Waals surface area (Å²) in [7, 11) is 0. The predicted octanol–water partition coefficient (Wildman–Crippen LogP) is 0.918. The topological polar surface area (TPSA) is 99.3 Å². The number of rotatable bonds is 3. The summed E-state index contributed by atoms with van der Waals surface area (Å²) in [5.74, 6) is -1.18. The standard InChI is InChI=1S/C14H13N3O4/c1-8(18)16-10-3-4-12(13(5-10)21-9(2)19)14(20)17-7-11(17)6-15/h3-5,11H,7H2,1-2H3,(H,16,18). The number of anilines is 1. The number of hydrogen-bond donors (Lipinski definition) is 1. The van der Waals surface area contributed by atoms with E-state index >= 15 is 0 Å². The van der Waals surface area contributed by atoms with Crippen LogP contribution in [0, 0.1) is 11.3 Å². The predicted molar refractivity (Wildman–Crippen MR) is 72.5 cm³/mol. The van der Waals surface area contributed by atoms with Gasteiger partial charge in [-0.2, -0.15) is 5.26 Å². The maximum atomic E-state index is 12.2. The molecule has 1 atom stereocenters. The highest BCUT2D eigenvalue weighted by Gasteiger charge is 2.40. The van der Waals surface area contributed by atoms with Crippen LogP contribution in [0.4, 0.5) is 5.69 Å². The molecule has 0 radical (unpaired) electrons. The molecular formula is C14H13N3O4. The van der Waals surface area contributed by atoms with Crippen LogP contribution in [0.15, 0.2) is 18.2 Å². The summed E-state index contributed by atoms with van der Waals surface area (Å²) in [5.41, 5.74) is 0.593. The fourth-order valence-electron chi connectivity index (χ4n) is 1.85. The molecule has 1 aliphatic heterocycles. The molecule has 0 bridgehead atoms. The van der Waals surface area contributed by atoms with E-state index in [0.29, 0.717) is 12.2 Å². The molecule has 7 heteroatoms. The molecule has 0 aliphatic carbocycles. The third-order valence-electron chi connectivity index (χ3n) is 2.81. The lowest BCUT2D eigenvalue weighted by atomic mass is 10.1. The van der Waals surface area contributed by atoms with Crippen molar-refractivity contribution < 1.29 is 19.1 Å². The number of nitrogens with one attached hydrogen (secondary N) is 1.